The number of nitrogens with zero attached hydrogens (tertiary/aromatic N) is 5. The number of rotatable bonds is 5. The van der Waals surface area contributed by atoms with E-state index in [1.807, 2.05) is 18.2 Å². The number of nitrogens with one attached hydrogen (secondary N) is 1. The van der Waals surface area contributed by atoms with Gasteiger partial charge in [-0.3, -0.25) is 5.10 Å². The van der Waals surface area contributed by atoms with Crippen LogP contribution in [0, 0.1) is 0 Å². The molecule has 0 bridgehead atoms. The van der Waals surface area contributed by atoms with Crippen molar-refractivity contribution in [1.29, 1.82) is 0 Å². The summed E-state index contributed by atoms with van der Waals surface area (Å²) in [6, 6.07) is 6.33. The van der Waals surface area contributed by atoms with E-state index in [9.17, 15) is 0 Å². The van der Waals surface area contributed by atoms with Crippen molar-refractivity contribution in [3.8, 4) is 11.5 Å². The summed E-state index contributed by atoms with van der Waals surface area (Å²) in [5, 5.41) is 7.92. The number of aromatic amines is 1. The van der Waals surface area contributed by atoms with Gasteiger partial charge < -0.3 is 19.3 Å². The summed E-state index contributed by atoms with van der Waals surface area (Å²) >= 11 is 0. The number of H-pyrrole nitrogens is 1. The first-order valence-corrected chi connectivity index (χ1v) is 8.54. The van der Waals surface area contributed by atoms with Crippen molar-refractivity contribution in [1.82, 2.24) is 20.2 Å². The first-order valence-electron chi connectivity index (χ1n) is 8.54. The van der Waals surface area contributed by atoms with E-state index in [1.54, 1.807) is 26.7 Å². The number of hydrogen-bond acceptors (Lipinski definition) is 7. The normalized spacial score (nSPS) is 16.9. The largest absolute Gasteiger partial charge is 0.497 e. The Hall–Kier alpha value is -3.03. The summed E-state index contributed by atoms with van der Waals surface area (Å²) in [5.74, 6) is 2.50. The molecule has 8 nitrogen and oxygen atoms in total. The van der Waals surface area contributed by atoms with E-state index in [1.165, 1.54) is 0 Å². The Morgan fingerprint density at radius 3 is 2.65 bits per heavy atom. The highest BCUT2D eigenvalue weighted by molar-refractivity contribution is 5.86. The van der Waals surface area contributed by atoms with Gasteiger partial charge in [0.2, 0.25) is 0 Å². The molecule has 1 aromatic carbocycles. The molecule has 3 aromatic rings. The standard InChI is InChI=1S/C18H22N6O2/c1-23(18-16-9-21-22-17(16)19-11-20-18)12-4-5-24(10-12)13-6-14(25-2)8-15(7-13)26-3/h6-9,11-12H,4-5,10H2,1-3H3,(H,19,20,21,22). The minimum atomic E-state index is 0.347. The molecular formula is C18H22N6O2. The number of ether oxygens (including phenoxy) is 2. The zero-order valence-corrected chi connectivity index (χ0v) is 15.1. The summed E-state index contributed by atoms with van der Waals surface area (Å²) in [6.45, 7) is 1.86. The van der Waals surface area contributed by atoms with E-state index >= 15 is 0 Å². The molecule has 0 amide bonds. The number of hydrogen-bond donors (Lipinski definition) is 1. The predicted octanol–water partition coefficient (Wildman–Crippen LogP) is 2.09. The minimum absolute atomic E-state index is 0.347. The van der Waals surface area contributed by atoms with Crippen LogP contribution in [0.15, 0.2) is 30.7 Å². The van der Waals surface area contributed by atoms with Crippen molar-refractivity contribution < 1.29 is 9.47 Å². The van der Waals surface area contributed by atoms with E-state index in [0.29, 0.717) is 6.04 Å². The fraction of sp³-hybridized carbons (Fsp3) is 0.389. The van der Waals surface area contributed by atoms with Gasteiger partial charge in [-0.1, -0.05) is 0 Å². The van der Waals surface area contributed by atoms with Gasteiger partial charge in [0.25, 0.3) is 0 Å². The number of anilines is 2. The molecule has 1 unspecified atom stereocenters. The van der Waals surface area contributed by atoms with Crippen molar-refractivity contribution in [3.63, 3.8) is 0 Å². The fourth-order valence-corrected chi connectivity index (χ4v) is 3.47. The summed E-state index contributed by atoms with van der Waals surface area (Å²) in [5.41, 5.74) is 1.86. The van der Waals surface area contributed by atoms with Crippen molar-refractivity contribution >= 4 is 22.5 Å². The molecule has 0 spiro atoms. The molecule has 3 heterocycles. The van der Waals surface area contributed by atoms with Gasteiger partial charge >= 0.3 is 0 Å². The molecule has 0 radical (unpaired) electrons. The lowest BCUT2D eigenvalue weighted by Gasteiger charge is -2.27. The lowest BCUT2D eigenvalue weighted by atomic mass is 10.2. The van der Waals surface area contributed by atoms with Crippen molar-refractivity contribution in [2.24, 2.45) is 0 Å². The van der Waals surface area contributed by atoms with Gasteiger partial charge in [0, 0.05) is 50.1 Å². The second-order valence-corrected chi connectivity index (χ2v) is 6.40. The molecule has 4 rings (SSSR count). The molecule has 8 heteroatoms. The second-order valence-electron chi connectivity index (χ2n) is 6.40. The molecule has 0 saturated carbocycles. The van der Waals surface area contributed by atoms with Gasteiger partial charge in [-0.2, -0.15) is 5.10 Å². The average Bonchev–Trinajstić information content (AvgIpc) is 3.36. The van der Waals surface area contributed by atoms with E-state index in [2.05, 4.69) is 37.0 Å². The highest BCUT2D eigenvalue weighted by Gasteiger charge is 2.28. The molecular weight excluding hydrogens is 332 g/mol. The molecule has 26 heavy (non-hydrogen) atoms. The van der Waals surface area contributed by atoms with E-state index in [-0.39, 0.29) is 0 Å². The molecule has 1 aliphatic rings. The highest BCUT2D eigenvalue weighted by atomic mass is 16.5. The Morgan fingerprint density at radius 1 is 1.15 bits per heavy atom. The first kappa shape index (κ1) is 16.4. The Morgan fingerprint density at radius 2 is 1.92 bits per heavy atom. The quantitative estimate of drug-likeness (QED) is 0.751. The minimum Gasteiger partial charge on any atom is -0.497 e. The van der Waals surface area contributed by atoms with Crippen molar-refractivity contribution in [2.75, 3.05) is 44.2 Å². The summed E-state index contributed by atoms with van der Waals surface area (Å²) in [6.07, 6.45) is 4.40. The third-order valence-corrected chi connectivity index (χ3v) is 4.97. The predicted molar refractivity (Wildman–Crippen MR) is 100 cm³/mol. The number of fused-ring (bicyclic) bond motifs is 1. The van der Waals surface area contributed by atoms with Gasteiger partial charge in [0.1, 0.15) is 23.6 Å². The monoisotopic (exact) mass is 354 g/mol. The van der Waals surface area contributed by atoms with Gasteiger partial charge in [0.05, 0.1) is 25.8 Å². The topological polar surface area (TPSA) is 79.4 Å². The van der Waals surface area contributed by atoms with Crippen LogP contribution in [0.25, 0.3) is 11.0 Å². The first-order chi connectivity index (χ1) is 12.7. The molecule has 1 aliphatic heterocycles. The molecule has 1 atom stereocenters. The molecule has 1 saturated heterocycles. The van der Waals surface area contributed by atoms with E-state index < -0.39 is 0 Å². The number of benzene rings is 1. The number of aromatic nitrogens is 4. The van der Waals surface area contributed by atoms with Crippen LogP contribution in [0.5, 0.6) is 11.5 Å². The van der Waals surface area contributed by atoms with Crippen LogP contribution in [-0.2, 0) is 0 Å². The average molecular weight is 354 g/mol. The second kappa shape index (κ2) is 6.70. The van der Waals surface area contributed by atoms with Crippen LogP contribution in [0.3, 0.4) is 0 Å². The molecule has 1 N–H and O–H groups in total. The lowest BCUT2D eigenvalue weighted by Crippen LogP contribution is -2.35. The van der Waals surface area contributed by atoms with Crippen LogP contribution in [-0.4, -0.2) is 60.6 Å². The SMILES string of the molecule is COc1cc(OC)cc(N2CCC(N(C)c3ncnc4[nH]ncc34)C2)c1. The van der Waals surface area contributed by atoms with Crippen LogP contribution in [0.4, 0.5) is 11.5 Å². The third kappa shape index (κ3) is 2.87. The zero-order chi connectivity index (χ0) is 18.1. The Bertz CT molecular complexity index is 889. The maximum Gasteiger partial charge on any atom is 0.160 e. The Balaban J connectivity index is 1.56. The lowest BCUT2D eigenvalue weighted by molar-refractivity contribution is 0.394. The molecule has 0 aliphatic carbocycles. The third-order valence-electron chi connectivity index (χ3n) is 4.97. The van der Waals surface area contributed by atoms with Crippen molar-refractivity contribution in [3.05, 3.63) is 30.7 Å². The smallest absolute Gasteiger partial charge is 0.160 e. The Labute approximate surface area is 151 Å². The summed E-state index contributed by atoms with van der Waals surface area (Å²) in [4.78, 5) is 13.3. The van der Waals surface area contributed by atoms with Gasteiger partial charge in [-0.25, -0.2) is 9.97 Å². The van der Waals surface area contributed by atoms with E-state index in [4.69, 9.17) is 9.47 Å². The van der Waals surface area contributed by atoms with Crippen LogP contribution < -0.4 is 19.3 Å². The number of methoxy groups -OCH3 is 2. The van der Waals surface area contributed by atoms with E-state index in [0.717, 1.165) is 53.5 Å². The maximum absolute atomic E-state index is 5.40. The summed E-state index contributed by atoms with van der Waals surface area (Å²) in [7, 11) is 5.42. The van der Waals surface area contributed by atoms with Crippen LogP contribution >= 0.6 is 0 Å². The summed E-state index contributed by atoms with van der Waals surface area (Å²) < 4.78 is 10.8. The van der Waals surface area contributed by atoms with Crippen LogP contribution in [0.2, 0.25) is 0 Å². The zero-order valence-electron chi connectivity index (χ0n) is 15.1. The van der Waals surface area contributed by atoms with Crippen LogP contribution in [0.1, 0.15) is 6.42 Å². The highest BCUT2D eigenvalue weighted by Crippen LogP contribution is 2.32. The molecule has 136 valence electrons. The fourth-order valence-electron chi connectivity index (χ4n) is 3.47. The van der Waals surface area contributed by atoms with Crippen molar-refractivity contribution in [2.45, 2.75) is 12.5 Å². The molecule has 1 fully saturated rings. The molecule has 2 aromatic heterocycles. The van der Waals surface area contributed by atoms with Gasteiger partial charge in [-0.15, -0.1) is 0 Å². The van der Waals surface area contributed by atoms with Gasteiger partial charge in [-0.05, 0) is 6.42 Å². The Kier molecular flexibility index (Phi) is 4.24. The van der Waals surface area contributed by atoms with Gasteiger partial charge in [0.15, 0.2) is 5.65 Å². The number of likely N-dealkylation sites (N-methyl/N-ethyl adjacent to an activating group) is 1. The maximum atomic E-state index is 5.40.